The molecule has 0 saturated heterocycles. The quantitative estimate of drug-likeness (QED) is 0.0320. The maximum absolute atomic E-state index is 12.5. The van der Waals surface area contributed by atoms with Crippen molar-refractivity contribution in [2.24, 2.45) is 0 Å². The van der Waals surface area contributed by atoms with Crippen molar-refractivity contribution in [3.05, 3.63) is 12.2 Å². The summed E-state index contributed by atoms with van der Waals surface area (Å²) in [4.78, 5) is 24.6. The molecule has 446 valence electrons. The van der Waals surface area contributed by atoms with E-state index >= 15 is 0 Å². The lowest BCUT2D eigenvalue weighted by atomic mass is 10.0. The van der Waals surface area contributed by atoms with Crippen LogP contribution in [0.2, 0.25) is 0 Å². The zero-order chi connectivity index (χ0) is 54.3. The van der Waals surface area contributed by atoms with Crippen molar-refractivity contribution in [1.82, 2.24) is 5.32 Å². The number of aliphatic hydroxyl groups excluding tert-OH is 2. The Labute approximate surface area is 469 Å². The van der Waals surface area contributed by atoms with Gasteiger partial charge < -0.3 is 20.3 Å². The van der Waals surface area contributed by atoms with E-state index in [9.17, 15) is 19.8 Å². The molecule has 0 aromatic heterocycles. The Morgan fingerprint density at radius 3 is 0.907 bits per heavy atom. The van der Waals surface area contributed by atoms with Gasteiger partial charge in [-0.05, 0) is 32.1 Å². The summed E-state index contributed by atoms with van der Waals surface area (Å²) >= 11 is 0. The topological polar surface area (TPSA) is 95.9 Å². The van der Waals surface area contributed by atoms with Crippen molar-refractivity contribution in [3.8, 4) is 0 Å². The SMILES string of the molecule is CCCCCCCCCCCCCCCCCCCC/C=C/C(O)C(CO)NC(=O)CCCCCCCCCCCCCCCCCCCCCOC(=O)CCCCCCCCCCCCCCCCCCCCC. The fourth-order valence-corrected chi connectivity index (χ4v) is 11.1. The van der Waals surface area contributed by atoms with E-state index in [4.69, 9.17) is 4.74 Å². The number of allylic oxidation sites excluding steroid dienone is 1. The summed E-state index contributed by atoms with van der Waals surface area (Å²) in [6, 6.07) is -0.630. The predicted octanol–water partition coefficient (Wildman–Crippen LogP) is 22.0. The number of aliphatic hydroxyl groups is 2. The van der Waals surface area contributed by atoms with Crippen LogP contribution in [-0.2, 0) is 14.3 Å². The molecule has 0 aromatic rings. The molecule has 0 fully saturated rings. The van der Waals surface area contributed by atoms with Gasteiger partial charge in [-0.1, -0.05) is 360 Å². The number of esters is 1. The molecule has 6 nitrogen and oxygen atoms in total. The van der Waals surface area contributed by atoms with E-state index in [1.165, 1.54) is 327 Å². The lowest BCUT2D eigenvalue weighted by molar-refractivity contribution is -0.143. The van der Waals surface area contributed by atoms with Gasteiger partial charge in [0.05, 0.1) is 25.4 Å². The van der Waals surface area contributed by atoms with Gasteiger partial charge in [-0.15, -0.1) is 0 Å². The van der Waals surface area contributed by atoms with Gasteiger partial charge in [0.15, 0.2) is 0 Å². The van der Waals surface area contributed by atoms with E-state index in [1.807, 2.05) is 6.08 Å². The van der Waals surface area contributed by atoms with Crippen LogP contribution in [0.25, 0.3) is 0 Å². The summed E-state index contributed by atoms with van der Waals surface area (Å²) in [5.41, 5.74) is 0. The second kappa shape index (κ2) is 65.1. The molecule has 0 aliphatic heterocycles. The molecule has 0 bridgehead atoms. The van der Waals surface area contributed by atoms with Crippen molar-refractivity contribution in [3.63, 3.8) is 0 Å². The summed E-state index contributed by atoms with van der Waals surface area (Å²) in [6.45, 7) is 4.95. The molecular formula is C69H135NO5. The molecule has 0 aromatic carbocycles. The lowest BCUT2D eigenvalue weighted by Crippen LogP contribution is -2.45. The fraction of sp³-hybridized carbons (Fsp3) is 0.942. The Balaban J connectivity index is 3.39. The third-order valence-electron chi connectivity index (χ3n) is 16.3. The van der Waals surface area contributed by atoms with Gasteiger partial charge in [0, 0.05) is 12.8 Å². The molecule has 75 heavy (non-hydrogen) atoms. The second-order valence-corrected chi connectivity index (χ2v) is 23.9. The number of amides is 1. The maximum Gasteiger partial charge on any atom is 0.305 e. The highest BCUT2D eigenvalue weighted by Gasteiger charge is 2.18. The van der Waals surface area contributed by atoms with E-state index in [0.29, 0.717) is 19.4 Å². The monoisotopic (exact) mass is 1060 g/mol. The second-order valence-electron chi connectivity index (χ2n) is 23.9. The Hall–Kier alpha value is -1.40. The smallest absolute Gasteiger partial charge is 0.305 e. The van der Waals surface area contributed by atoms with E-state index in [2.05, 4.69) is 19.2 Å². The van der Waals surface area contributed by atoms with Crippen LogP contribution in [0.5, 0.6) is 0 Å². The van der Waals surface area contributed by atoms with E-state index < -0.39 is 12.1 Å². The molecule has 6 heteroatoms. The molecule has 2 atom stereocenters. The van der Waals surface area contributed by atoms with Crippen molar-refractivity contribution in [1.29, 1.82) is 0 Å². The Morgan fingerprint density at radius 2 is 0.613 bits per heavy atom. The number of rotatable bonds is 65. The molecule has 0 heterocycles. The predicted molar refractivity (Wildman–Crippen MR) is 329 cm³/mol. The summed E-state index contributed by atoms with van der Waals surface area (Å²) in [5, 5.41) is 23.2. The zero-order valence-electron chi connectivity index (χ0n) is 51.1. The van der Waals surface area contributed by atoms with Gasteiger partial charge in [0.25, 0.3) is 0 Å². The molecule has 0 aliphatic carbocycles. The molecule has 3 N–H and O–H groups in total. The largest absolute Gasteiger partial charge is 0.466 e. The number of hydrogen-bond acceptors (Lipinski definition) is 5. The number of nitrogens with one attached hydrogen (secondary N) is 1. The first-order chi connectivity index (χ1) is 37.0. The standard InChI is InChI=1S/C69H135NO5/c1-3-5-7-9-11-13-15-17-19-21-23-26-29-33-37-41-45-49-53-57-61-67(72)66(65-71)70-68(73)62-58-54-50-46-42-38-34-30-27-24-28-32-36-40-44-48-52-56-60-64-75-69(74)63-59-55-51-47-43-39-35-31-25-22-20-18-16-14-12-10-8-6-4-2/h57,61,66-67,71-72H,3-56,58-60,62-65H2,1-2H3,(H,70,73)/b61-57+. The summed E-state index contributed by atoms with van der Waals surface area (Å²) < 4.78 is 5.51. The molecule has 0 rings (SSSR count). The summed E-state index contributed by atoms with van der Waals surface area (Å²) in [5.74, 6) is -0.0521. The molecule has 0 aliphatic rings. The number of unbranched alkanes of at least 4 members (excludes halogenated alkanes) is 54. The highest BCUT2D eigenvalue weighted by atomic mass is 16.5. The molecular weight excluding hydrogens is 923 g/mol. The van der Waals surface area contributed by atoms with E-state index in [-0.39, 0.29) is 18.5 Å². The van der Waals surface area contributed by atoms with Crippen molar-refractivity contribution >= 4 is 11.9 Å². The molecule has 0 radical (unpaired) electrons. The van der Waals surface area contributed by atoms with Gasteiger partial charge in [-0.25, -0.2) is 0 Å². The van der Waals surface area contributed by atoms with Gasteiger partial charge >= 0.3 is 5.97 Å². The van der Waals surface area contributed by atoms with Gasteiger partial charge in [-0.3, -0.25) is 9.59 Å². The van der Waals surface area contributed by atoms with E-state index in [0.717, 1.165) is 38.5 Å². The zero-order valence-corrected chi connectivity index (χ0v) is 51.1. The Kier molecular flexibility index (Phi) is 63.9. The van der Waals surface area contributed by atoms with Crippen LogP contribution >= 0.6 is 0 Å². The minimum absolute atomic E-state index is 0.0143. The molecule has 2 unspecified atom stereocenters. The number of hydrogen-bond donors (Lipinski definition) is 3. The van der Waals surface area contributed by atoms with Crippen molar-refractivity contribution in [2.75, 3.05) is 13.2 Å². The van der Waals surface area contributed by atoms with Crippen LogP contribution in [0.1, 0.15) is 393 Å². The van der Waals surface area contributed by atoms with Gasteiger partial charge in [-0.2, -0.15) is 0 Å². The maximum atomic E-state index is 12.5. The Bertz CT molecular complexity index is 1130. The third kappa shape index (κ3) is 61.7. The minimum Gasteiger partial charge on any atom is -0.466 e. The summed E-state index contributed by atoms with van der Waals surface area (Å²) in [7, 11) is 0. The lowest BCUT2D eigenvalue weighted by Gasteiger charge is -2.20. The van der Waals surface area contributed by atoms with E-state index in [1.54, 1.807) is 6.08 Å². The van der Waals surface area contributed by atoms with Crippen LogP contribution in [0.3, 0.4) is 0 Å². The summed E-state index contributed by atoms with van der Waals surface area (Å²) in [6.07, 6.45) is 79.9. The van der Waals surface area contributed by atoms with Crippen LogP contribution in [0.4, 0.5) is 0 Å². The molecule has 0 saturated carbocycles. The fourth-order valence-electron chi connectivity index (χ4n) is 11.1. The average Bonchev–Trinajstić information content (AvgIpc) is 3.41. The number of ether oxygens (including phenoxy) is 1. The molecule has 1 amide bonds. The van der Waals surface area contributed by atoms with Gasteiger partial charge in [0.1, 0.15) is 0 Å². The third-order valence-corrected chi connectivity index (χ3v) is 16.3. The van der Waals surface area contributed by atoms with Crippen LogP contribution < -0.4 is 5.32 Å². The first-order valence-corrected chi connectivity index (χ1v) is 34.5. The van der Waals surface area contributed by atoms with Crippen molar-refractivity contribution < 1.29 is 24.5 Å². The first kappa shape index (κ1) is 73.6. The highest BCUT2D eigenvalue weighted by Crippen LogP contribution is 2.19. The minimum atomic E-state index is -0.847. The average molecular weight is 1060 g/mol. The highest BCUT2D eigenvalue weighted by molar-refractivity contribution is 5.76. The van der Waals surface area contributed by atoms with Crippen molar-refractivity contribution in [2.45, 2.75) is 405 Å². The number of carbonyl (C=O) groups is 2. The van der Waals surface area contributed by atoms with Crippen LogP contribution in [0.15, 0.2) is 12.2 Å². The first-order valence-electron chi connectivity index (χ1n) is 34.5. The van der Waals surface area contributed by atoms with Crippen LogP contribution in [0, 0.1) is 0 Å². The van der Waals surface area contributed by atoms with Gasteiger partial charge in [0.2, 0.25) is 5.91 Å². The number of carbonyl (C=O) groups excluding carboxylic acids is 2. The van der Waals surface area contributed by atoms with Crippen LogP contribution in [-0.4, -0.2) is 47.4 Å². The molecule has 0 spiro atoms. The Morgan fingerprint density at radius 1 is 0.360 bits per heavy atom. The normalized spacial score (nSPS) is 12.5.